The lowest BCUT2D eigenvalue weighted by molar-refractivity contribution is 0.0949. The first-order valence-corrected chi connectivity index (χ1v) is 10.7. The summed E-state index contributed by atoms with van der Waals surface area (Å²) in [6.07, 6.45) is 1.58. The number of ether oxygens (including phenoxy) is 2. The fraction of sp³-hybridized carbons (Fsp3) is 0.0741. The number of halogens is 1. The number of carbonyl (C=O) groups excluding carboxylic acids is 2. The summed E-state index contributed by atoms with van der Waals surface area (Å²) in [6, 6.07) is 22.9. The molecule has 8 heteroatoms. The Morgan fingerprint density at radius 1 is 0.914 bits per heavy atom. The Balaban J connectivity index is 1.32. The molecule has 3 N–H and O–H groups in total. The molecule has 1 heterocycles. The molecule has 0 aliphatic carbocycles. The van der Waals surface area contributed by atoms with Gasteiger partial charge in [-0.2, -0.15) is 0 Å². The zero-order chi connectivity index (χ0) is 24.6. The van der Waals surface area contributed by atoms with E-state index in [1.807, 2.05) is 6.07 Å². The Bertz CT molecular complexity index is 1340. The van der Waals surface area contributed by atoms with E-state index in [-0.39, 0.29) is 19.1 Å². The molecule has 0 aliphatic heterocycles. The molecule has 176 valence electrons. The van der Waals surface area contributed by atoms with Crippen LogP contribution in [-0.2, 0) is 13.2 Å². The van der Waals surface area contributed by atoms with Crippen molar-refractivity contribution >= 4 is 11.8 Å². The Hall–Kier alpha value is -4.72. The second-order valence-corrected chi connectivity index (χ2v) is 7.60. The van der Waals surface area contributed by atoms with Gasteiger partial charge in [-0.3, -0.25) is 9.59 Å². The van der Waals surface area contributed by atoms with Crippen LogP contribution < -0.4 is 20.5 Å². The average molecular weight is 471 g/mol. The van der Waals surface area contributed by atoms with Gasteiger partial charge in [0.15, 0.2) is 0 Å². The van der Waals surface area contributed by atoms with Crippen LogP contribution in [0.25, 0.3) is 0 Å². The molecule has 3 aromatic carbocycles. The molecule has 35 heavy (non-hydrogen) atoms. The van der Waals surface area contributed by atoms with E-state index in [0.717, 1.165) is 11.1 Å². The minimum atomic E-state index is -0.572. The zero-order valence-corrected chi connectivity index (χ0v) is 18.6. The van der Waals surface area contributed by atoms with Crippen molar-refractivity contribution in [2.24, 2.45) is 5.73 Å². The number of aromatic nitrogens is 1. The van der Waals surface area contributed by atoms with Crippen LogP contribution in [-0.4, -0.2) is 16.8 Å². The molecular formula is C27H22FN3O4. The van der Waals surface area contributed by atoms with Gasteiger partial charge in [0.25, 0.3) is 11.8 Å². The number of para-hydroxylation sites is 1. The Morgan fingerprint density at radius 2 is 1.74 bits per heavy atom. The maximum absolute atomic E-state index is 13.3. The molecule has 0 spiro atoms. The second-order valence-electron chi connectivity index (χ2n) is 7.60. The lowest BCUT2D eigenvalue weighted by atomic mass is 10.1. The summed E-state index contributed by atoms with van der Waals surface area (Å²) in [7, 11) is 0. The van der Waals surface area contributed by atoms with Crippen LogP contribution in [0.1, 0.15) is 31.8 Å². The van der Waals surface area contributed by atoms with Gasteiger partial charge in [-0.15, -0.1) is 0 Å². The molecule has 0 unspecified atom stereocenters. The van der Waals surface area contributed by atoms with E-state index in [1.54, 1.807) is 72.9 Å². The van der Waals surface area contributed by atoms with Gasteiger partial charge in [0, 0.05) is 30.4 Å². The number of hydrogen-bond donors (Lipinski definition) is 2. The van der Waals surface area contributed by atoms with E-state index in [1.165, 1.54) is 12.1 Å². The van der Waals surface area contributed by atoms with Crippen LogP contribution in [0.4, 0.5) is 4.39 Å². The van der Waals surface area contributed by atoms with E-state index in [9.17, 15) is 14.0 Å². The summed E-state index contributed by atoms with van der Waals surface area (Å²) in [5, 5.41) is 2.85. The number of carbonyl (C=O) groups is 2. The van der Waals surface area contributed by atoms with E-state index in [2.05, 4.69) is 10.3 Å². The highest BCUT2D eigenvalue weighted by Crippen LogP contribution is 2.21. The van der Waals surface area contributed by atoms with Crippen LogP contribution in [0, 0.1) is 5.82 Å². The van der Waals surface area contributed by atoms with Crippen molar-refractivity contribution < 1.29 is 23.5 Å². The maximum Gasteiger partial charge on any atom is 0.252 e. The number of rotatable bonds is 9. The quantitative estimate of drug-likeness (QED) is 0.371. The van der Waals surface area contributed by atoms with Gasteiger partial charge in [0.1, 0.15) is 23.9 Å². The highest BCUT2D eigenvalue weighted by atomic mass is 19.1. The van der Waals surface area contributed by atoms with Crippen LogP contribution in [0.5, 0.6) is 17.4 Å². The first kappa shape index (κ1) is 23.4. The van der Waals surface area contributed by atoms with Crippen molar-refractivity contribution in [1.82, 2.24) is 10.3 Å². The van der Waals surface area contributed by atoms with Gasteiger partial charge in [-0.25, -0.2) is 9.37 Å². The molecule has 4 rings (SSSR count). The number of hydrogen-bond acceptors (Lipinski definition) is 5. The lowest BCUT2D eigenvalue weighted by Crippen LogP contribution is -2.23. The highest BCUT2D eigenvalue weighted by Gasteiger charge is 2.10. The predicted octanol–water partition coefficient (Wildman–Crippen LogP) is 4.62. The number of nitrogens with zero attached hydrogens (tertiary/aromatic N) is 1. The predicted molar refractivity (Wildman–Crippen MR) is 128 cm³/mol. The minimum absolute atomic E-state index is 0.169. The van der Waals surface area contributed by atoms with Gasteiger partial charge < -0.3 is 20.5 Å². The van der Waals surface area contributed by atoms with Crippen LogP contribution >= 0.6 is 0 Å². The number of primary amides is 1. The van der Waals surface area contributed by atoms with Gasteiger partial charge in [0.2, 0.25) is 5.88 Å². The third-order valence-corrected chi connectivity index (χ3v) is 5.01. The zero-order valence-electron chi connectivity index (χ0n) is 18.6. The SMILES string of the molecule is NC(=O)c1ccccc1OCc1cccc(C(=O)NCc2ccc(Oc3cccc(F)c3)nc2)c1. The van der Waals surface area contributed by atoms with Crippen molar-refractivity contribution in [1.29, 1.82) is 0 Å². The van der Waals surface area contributed by atoms with Crippen LogP contribution in [0.3, 0.4) is 0 Å². The number of nitrogens with two attached hydrogens (primary N) is 1. The molecule has 4 aromatic rings. The first-order chi connectivity index (χ1) is 17.0. The van der Waals surface area contributed by atoms with Crippen molar-refractivity contribution in [3.63, 3.8) is 0 Å². The second kappa shape index (κ2) is 10.9. The number of benzene rings is 3. The molecule has 7 nitrogen and oxygen atoms in total. The summed E-state index contributed by atoms with van der Waals surface area (Å²) in [6.45, 7) is 0.431. The van der Waals surface area contributed by atoms with Crippen LogP contribution in [0.15, 0.2) is 91.1 Å². The molecular weight excluding hydrogens is 449 g/mol. The molecule has 0 radical (unpaired) electrons. The van der Waals surface area contributed by atoms with Crippen molar-refractivity contribution in [2.45, 2.75) is 13.2 Å². The number of pyridine rings is 1. The molecule has 0 saturated carbocycles. The minimum Gasteiger partial charge on any atom is -0.488 e. The van der Waals surface area contributed by atoms with Crippen molar-refractivity contribution in [3.8, 4) is 17.4 Å². The van der Waals surface area contributed by atoms with Crippen molar-refractivity contribution in [2.75, 3.05) is 0 Å². The lowest BCUT2D eigenvalue weighted by Gasteiger charge is -2.11. The van der Waals surface area contributed by atoms with E-state index in [0.29, 0.717) is 28.5 Å². The molecule has 0 bridgehead atoms. The number of nitrogens with one attached hydrogen (secondary N) is 1. The van der Waals surface area contributed by atoms with Gasteiger partial charge in [-0.05, 0) is 47.5 Å². The average Bonchev–Trinajstić information content (AvgIpc) is 2.87. The summed E-state index contributed by atoms with van der Waals surface area (Å²) < 4.78 is 24.5. The molecule has 0 fully saturated rings. The standard InChI is InChI=1S/C27H22FN3O4/c28-21-7-4-8-22(14-21)35-25-12-11-19(15-30-25)16-31-27(33)20-6-3-5-18(13-20)17-34-24-10-2-1-9-23(24)26(29)32/h1-15H,16-17H2,(H2,29,32)(H,31,33). The van der Waals surface area contributed by atoms with Gasteiger partial charge in [0.05, 0.1) is 5.56 Å². The molecule has 0 saturated heterocycles. The smallest absolute Gasteiger partial charge is 0.252 e. The summed E-state index contributed by atoms with van der Waals surface area (Å²) in [4.78, 5) is 28.4. The molecule has 1 aromatic heterocycles. The van der Waals surface area contributed by atoms with E-state index < -0.39 is 11.7 Å². The monoisotopic (exact) mass is 471 g/mol. The normalized spacial score (nSPS) is 10.4. The Labute approximate surface area is 201 Å². The summed E-state index contributed by atoms with van der Waals surface area (Å²) in [5.41, 5.74) is 7.67. The topological polar surface area (TPSA) is 104 Å². The molecule has 0 atom stereocenters. The Morgan fingerprint density at radius 3 is 2.51 bits per heavy atom. The van der Waals surface area contributed by atoms with E-state index in [4.69, 9.17) is 15.2 Å². The van der Waals surface area contributed by atoms with Crippen LogP contribution in [0.2, 0.25) is 0 Å². The first-order valence-electron chi connectivity index (χ1n) is 10.7. The summed E-state index contributed by atoms with van der Waals surface area (Å²) in [5.74, 6) is -0.182. The third-order valence-electron chi connectivity index (χ3n) is 5.01. The fourth-order valence-electron chi connectivity index (χ4n) is 3.27. The fourth-order valence-corrected chi connectivity index (χ4v) is 3.27. The summed E-state index contributed by atoms with van der Waals surface area (Å²) >= 11 is 0. The van der Waals surface area contributed by atoms with Gasteiger partial charge >= 0.3 is 0 Å². The van der Waals surface area contributed by atoms with E-state index >= 15 is 0 Å². The third kappa shape index (κ3) is 6.42. The molecule has 0 aliphatic rings. The highest BCUT2D eigenvalue weighted by molar-refractivity contribution is 5.95. The van der Waals surface area contributed by atoms with Gasteiger partial charge in [-0.1, -0.05) is 36.4 Å². The molecule has 2 amide bonds. The maximum atomic E-state index is 13.3. The number of amides is 2. The van der Waals surface area contributed by atoms with Crippen molar-refractivity contribution in [3.05, 3.63) is 119 Å². The largest absolute Gasteiger partial charge is 0.488 e. The Kier molecular flexibility index (Phi) is 7.32.